The average molecular weight is 445 g/mol. The molecule has 156 valence electrons. The molecule has 0 radical (unpaired) electrons. The maximum Gasteiger partial charge on any atom is 0.165 e. The highest BCUT2D eigenvalue weighted by Gasteiger charge is 2.23. The molecule has 0 aliphatic heterocycles. The van der Waals surface area contributed by atoms with Crippen LogP contribution in [0.2, 0.25) is 5.02 Å². The van der Waals surface area contributed by atoms with Crippen LogP contribution < -0.4 is 0 Å². The van der Waals surface area contributed by atoms with Gasteiger partial charge < -0.3 is 0 Å². The summed E-state index contributed by atoms with van der Waals surface area (Å²) in [5.74, 6) is 0. The second kappa shape index (κ2) is 6.99. The number of para-hydroxylation sites is 1. The van der Waals surface area contributed by atoms with Crippen LogP contribution in [0, 0.1) is 0 Å². The van der Waals surface area contributed by atoms with Gasteiger partial charge in [0, 0.05) is 34.2 Å². The van der Waals surface area contributed by atoms with Crippen molar-refractivity contribution in [1.29, 1.82) is 0 Å². The number of pyridine rings is 2. The zero-order chi connectivity index (χ0) is 21.9. The lowest BCUT2D eigenvalue weighted by atomic mass is 10.1. The molecule has 0 amide bonds. The fraction of sp³-hybridized carbons (Fsp3) is 0.0357. The summed E-state index contributed by atoms with van der Waals surface area (Å²) >= 11 is 6.18. The molecule has 1 aliphatic carbocycles. The molecule has 3 aromatic heterocycles. The highest BCUT2D eigenvalue weighted by Crippen LogP contribution is 2.40. The lowest BCUT2D eigenvalue weighted by molar-refractivity contribution is 0.901. The highest BCUT2D eigenvalue weighted by molar-refractivity contribution is 6.30. The van der Waals surface area contributed by atoms with E-state index in [2.05, 4.69) is 30.3 Å². The summed E-state index contributed by atoms with van der Waals surface area (Å²) < 4.78 is 1.90. The van der Waals surface area contributed by atoms with Gasteiger partial charge >= 0.3 is 0 Å². The number of benzene rings is 3. The second-order valence-corrected chi connectivity index (χ2v) is 8.76. The van der Waals surface area contributed by atoms with Crippen molar-refractivity contribution in [2.75, 3.05) is 0 Å². The van der Waals surface area contributed by atoms with E-state index in [-0.39, 0.29) is 0 Å². The SMILES string of the molecule is Clc1ccc(-c2nn(-c3ccccc3)c3ncc4cc5c(nc4c23)-c2ccccc2C5)cc1. The summed E-state index contributed by atoms with van der Waals surface area (Å²) in [6.07, 6.45) is 2.82. The Kier molecular flexibility index (Phi) is 3.93. The lowest BCUT2D eigenvalue weighted by Gasteiger charge is -2.06. The Hall–Kier alpha value is -4.02. The molecule has 5 heteroatoms. The van der Waals surface area contributed by atoms with Crippen LogP contribution in [0.1, 0.15) is 11.1 Å². The fourth-order valence-corrected chi connectivity index (χ4v) is 4.91. The smallest absolute Gasteiger partial charge is 0.165 e. The Morgan fingerprint density at radius 1 is 0.788 bits per heavy atom. The Bertz CT molecular complexity index is 1690. The van der Waals surface area contributed by atoms with Crippen LogP contribution in [0.25, 0.3) is 50.1 Å². The third-order valence-electron chi connectivity index (χ3n) is 6.33. The first kappa shape index (κ1) is 18.5. The first-order valence-corrected chi connectivity index (χ1v) is 11.2. The van der Waals surface area contributed by atoms with E-state index in [1.807, 2.05) is 65.5 Å². The maximum absolute atomic E-state index is 6.18. The van der Waals surface area contributed by atoms with Gasteiger partial charge in [0.2, 0.25) is 0 Å². The third-order valence-corrected chi connectivity index (χ3v) is 6.58. The van der Waals surface area contributed by atoms with Gasteiger partial charge in [0.15, 0.2) is 5.65 Å². The van der Waals surface area contributed by atoms with Crippen LogP contribution in [-0.4, -0.2) is 19.7 Å². The molecule has 4 nitrogen and oxygen atoms in total. The van der Waals surface area contributed by atoms with Gasteiger partial charge in [-0.05, 0) is 41.5 Å². The molecule has 0 atom stereocenters. The van der Waals surface area contributed by atoms with Crippen molar-refractivity contribution >= 4 is 33.5 Å². The van der Waals surface area contributed by atoms with Crippen LogP contribution >= 0.6 is 11.6 Å². The van der Waals surface area contributed by atoms with E-state index in [1.165, 1.54) is 16.7 Å². The number of aromatic nitrogens is 4. The van der Waals surface area contributed by atoms with E-state index in [9.17, 15) is 0 Å². The summed E-state index contributed by atoms with van der Waals surface area (Å²) in [5.41, 5.74) is 9.33. The molecule has 0 saturated carbocycles. The molecule has 0 saturated heterocycles. The minimum atomic E-state index is 0.695. The standard InChI is InChI=1S/C28H17ClN4/c29-21-12-10-17(11-13-21)27-24-26-20(15-19-14-18-6-4-5-9-23(18)25(19)31-26)16-30-28(24)33(32-27)22-7-2-1-3-8-22/h1-13,15-16H,14H2. The van der Waals surface area contributed by atoms with Crippen LogP contribution in [-0.2, 0) is 6.42 Å². The minimum absolute atomic E-state index is 0.695. The molecule has 1 aliphatic rings. The minimum Gasteiger partial charge on any atom is -0.247 e. The molecular formula is C28H17ClN4. The topological polar surface area (TPSA) is 43.6 Å². The molecule has 0 N–H and O–H groups in total. The van der Waals surface area contributed by atoms with E-state index in [0.717, 1.165) is 51.0 Å². The van der Waals surface area contributed by atoms with Gasteiger partial charge in [-0.3, -0.25) is 0 Å². The normalized spacial score (nSPS) is 12.3. The van der Waals surface area contributed by atoms with Crippen molar-refractivity contribution in [1.82, 2.24) is 19.7 Å². The predicted molar refractivity (Wildman–Crippen MR) is 133 cm³/mol. The van der Waals surface area contributed by atoms with Crippen LogP contribution in [0.15, 0.2) is 91.1 Å². The summed E-state index contributed by atoms with van der Waals surface area (Å²) in [6.45, 7) is 0. The zero-order valence-electron chi connectivity index (χ0n) is 17.5. The number of hydrogen-bond acceptors (Lipinski definition) is 3. The Labute approximate surface area is 195 Å². The Morgan fingerprint density at radius 2 is 1.58 bits per heavy atom. The third kappa shape index (κ3) is 2.81. The van der Waals surface area contributed by atoms with Gasteiger partial charge in [0.25, 0.3) is 0 Å². The molecule has 0 fully saturated rings. The molecular weight excluding hydrogens is 428 g/mol. The highest BCUT2D eigenvalue weighted by atomic mass is 35.5. The predicted octanol–water partition coefficient (Wildman–Crippen LogP) is 6.86. The van der Waals surface area contributed by atoms with Crippen molar-refractivity contribution in [2.24, 2.45) is 0 Å². The second-order valence-electron chi connectivity index (χ2n) is 8.33. The number of fused-ring (bicyclic) bond motifs is 6. The largest absolute Gasteiger partial charge is 0.247 e. The van der Waals surface area contributed by atoms with E-state index in [4.69, 9.17) is 26.7 Å². The van der Waals surface area contributed by atoms with Crippen LogP contribution in [0.4, 0.5) is 0 Å². The summed E-state index contributed by atoms with van der Waals surface area (Å²) in [6, 6.07) is 28.6. The van der Waals surface area contributed by atoms with Crippen molar-refractivity contribution in [3.05, 3.63) is 107 Å². The summed E-state index contributed by atoms with van der Waals surface area (Å²) in [4.78, 5) is 10.1. The molecule has 3 aromatic carbocycles. The van der Waals surface area contributed by atoms with E-state index in [0.29, 0.717) is 5.02 Å². The quantitative estimate of drug-likeness (QED) is 0.292. The zero-order valence-corrected chi connectivity index (χ0v) is 18.3. The molecule has 0 spiro atoms. The average Bonchev–Trinajstić information content (AvgIpc) is 3.42. The molecule has 0 unspecified atom stereocenters. The van der Waals surface area contributed by atoms with Gasteiger partial charge in [-0.15, -0.1) is 0 Å². The van der Waals surface area contributed by atoms with Crippen molar-refractivity contribution in [2.45, 2.75) is 6.42 Å². The summed E-state index contributed by atoms with van der Waals surface area (Å²) in [7, 11) is 0. The van der Waals surface area contributed by atoms with Gasteiger partial charge in [-0.25, -0.2) is 14.6 Å². The fourth-order valence-electron chi connectivity index (χ4n) is 4.79. The number of nitrogens with zero attached hydrogens (tertiary/aromatic N) is 4. The van der Waals surface area contributed by atoms with Crippen molar-refractivity contribution in [3.8, 4) is 28.2 Å². The molecule has 33 heavy (non-hydrogen) atoms. The van der Waals surface area contributed by atoms with E-state index < -0.39 is 0 Å². The Balaban J connectivity index is 1.59. The maximum atomic E-state index is 6.18. The number of halogens is 1. The van der Waals surface area contributed by atoms with Crippen LogP contribution in [0.5, 0.6) is 0 Å². The van der Waals surface area contributed by atoms with Gasteiger partial charge in [0.1, 0.15) is 5.69 Å². The monoisotopic (exact) mass is 444 g/mol. The summed E-state index contributed by atoms with van der Waals surface area (Å²) in [5, 5.41) is 7.69. The van der Waals surface area contributed by atoms with Crippen molar-refractivity contribution < 1.29 is 0 Å². The molecule has 0 bridgehead atoms. The van der Waals surface area contributed by atoms with Gasteiger partial charge in [0.05, 0.1) is 22.3 Å². The first-order chi connectivity index (χ1) is 16.3. The van der Waals surface area contributed by atoms with Crippen molar-refractivity contribution in [3.63, 3.8) is 0 Å². The molecule has 6 aromatic rings. The molecule has 7 rings (SSSR count). The van der Waals surface area contributed by atoms with E-state index in [1.54, 1.807) is 0 Å². The van der Waals surface area contributed by atoms with Gasteiger partial charge in [-0.2, -0.15) is 5.10 Å². The van der Waals surface area contributed by atoms with Crippen LogP contribution in [0.3, 0.4) is 0 Å². The lowest BCUT2D eigenvalue weighted by Crippen LogP contribution is -1.97. The van der Waals surface area contributed by atoms with Gasteiger partial charge in [-0.1, -0.05) is 66.2 Å². The first-order valence-electron chi connectivity index (χ1n) is 10.9. The molecule has 3 heterocycles. The number of hydrogen-bond donors (Lipinski definition) is 0. The van der Waals surface area contributed by atoms with E-state index >= 15 is 0 Å². The Morgan fingerprint density at radius 3 is 2.42 bits per heavy atom. The number of rotatable bonds is 2.